The Balaban J connectivity index is 1.77. The Kier molecular flexibility index (Phi) is 4.99. The molecule has 0 aliphatic heterocycles. The molecule has 0 bridgehead atoms. The molecule has 1 aliphatic carbocycles. The molecule has 1 aromatic rings. The van der Waals surface area contributed by atoms with Crippen LogP contribution in [0.4, 0.5) is 0 Å². The maximum Gasteiger partial charge on any atom is 0.0573 e. The van der Waals surface area contributed by atoms with E-state index in [1.807, 2.05) is 12.3 Å². The van der Waals surface area contributed by atoms with Crippen molar-refractivity contribution in [2.45, 2.75) is 52.0 Å². The zero-order chi connectivity index (χ0) is 11.9. The number of hydrogen-bond acceptors (Lipinski definition) is 2. The van der Waals surface area contributed by atoms with E-state index in [1.54, 1.807) is 0 Å². The number of aromatic nitrogens is 1. The predicted octanol–water partition coefficient (Wildman–Crippen LogP) is 3.31. The van der Waals surface area contributed by atoms with E-state index < -0.39 is 0 Å². The van der Waals surface area contributed by atoms with Gasteiger partial charge in [-0.2, -0.15) is 0 Å². The summed E-state index contributed by atoms with van der Waals surface area (Å²) in [6.45, 7) is 4.29. The van der Waals surface area contributed by atoms with E-state index in [4.69, 9.17) is 0 Å². The molecule has 1 fully saturated rings. The Hall–Kier alpha value is -0.890. The Morgan fingerprint density at radius 1 is 1.29 bits per heavy atom. The molecule has 2 heteroatoms. The summed E-state index contributed by atoms with van der Waals surface area (Å²) in [7, 11) is 0. The predicted molar refractivity (Wildman–Crippen MR) is 71.9 cm³/mol. The first-order valence-electron chi connectivity index (χ1n) is 7.03. The number of aryl methyl sites for hydroxylation is 1. The third kappa shape index (κ3) is 3.81. The number of nitrogens with zero attached hydrogens (tertiary/aromatic N) is 1. The lowest BCUT2D eigenvalue weighted by Gasteiger charge is -2.21. The quantitative estimate of drug-likeness (QED) is 0.842. The Morgan fingerprint density at radius 2 is 2.12 bits per heavy atom. The lowest BCUT2D eigenvalue weighted by molar-refractivity contribution is 0.341. The summed E-state index contributed by atoms with van der Waals surface area (Å²) in [5.41, 5.74) is 2.61. The lowest BCUT2D eigenvalue weighted by atomic mass is 9.89. The van der Waals surface area contributed by atoms with Crippen molar-refractivity contribution < 1.29 is 0 Å². The van der Waals surface area contributed by atoms with Crippen LogP contribution in [0.1, 0.15) is 50.3 Å². The summed E-state index contributed by atoms with van der Waals surface area (Å²) in [5, 5.41) is 3.58. The zero-order valence-corrected chi connectivity index (χ0v) is 10.9. The fourth-order valence-corrected chi connectivity index (χ4v) is 2.74. The maximum atomic E-state index is 4.47. The molecule has 0 aromatic carbocycles. The van der Waals surface area contributed by atoms with Gasteiger partial charge in [0.15, 0.2) is 0 Å². The monoisotopic (exact) mass is 232 g/mol. The zero-order valence-electron chi connectivity index (χ0n) is 10.9. The SMILES string of the molecule is CCc1cccnc1CNCC1CCCCC1. The third-order valence-electron chi connectivity index (χ3n) is 3.82. The highest BCUT2D eigenvalue weighted by Gasteiger charge is 2.12. The van der Waals surface area contributed by atoms with Crippen LogP contribution in [0.2, 0.25) is 0 Å². The van der Waals surface area contributed by atoms with Crippen molar-refractivity contribution in [3.8, 4) is 0 Å². The molecule has 2 nitrogen and oxygen atoms in total. The van der Waals surface area contributed by atoms with Gasteiger partial charge in [0.2, 0.25) is 0 Å². The average Bonchev–Trinajstić information content (AvgIpc) is 2.40. The highest BCUT2D eigenvalue weighted by atomic mass is 14.9. The average molecular weight is 232 g/mol. The summed E-state index contributed by atoms with van der Waals surface area (Å²) >= 11 is 0. The van der Waals surface area contributed by atoms with Crippen LogP contribution in [0.5, 0.6) is 0 Å². The second-order valence-electron chi connectivity index (χ2n) is 5.10. The van der Waals surface area contributed by atoms with Crippen molar-refractivity contribution in [1.82, 2.24) is 10.3 Å². The number of hydrogen-bond donors (Lipinski definition) is 1. The Morgan fingerprint density at radius 3 is 2.88 bits per heavy atom. The first kappa shape index (κ1) is 12.6. The van der Waals surface area contributed by atoms with Crippen molar-refractivity contribution in [1.29, 1.82) is 0 Å². The van der Waals surface area contributed by atoms with Gasteiger partial charge in [-0.25, -0.2) is 0 Å². The molecule has 0 spiro atoms. The van der Waals surface area contributed by atoms with Gasteiger partial charge in [0.25, 0.3) is 0 Å². The molecule has 2 rings (SSSR count). The largest absolute Gasteiger partial charge is 0.311 e. The van der Waals surface area contributed by atoms with Gasteiger partial charge in [0, 0.05) is 12.7 Å². The molecule has 1 aromatic heterocycles. The molecule has 0 atom stereocenters. The van der Waals surface area contributed by atoms with Crippen LogP contribution in [0.25, 0.3) is 0 Å². The molecule has 0 radical (unpaired) electrons. The fourth-order valence-electron chi connectivity index (χ4n) is 2.74. The summed E-state index contributed by atoms with van der Waals surface area (Å²) < 4.78 is 0. The van der Waals surface area contributed by atoms with Gasteiger partial charge in [-0.3, -0.25) is 4.98 Å². The van der Waals surface area contributed by atoms with Crippen molar-refractivity contribution in [3.05, 3.63) is 29.6 Å². The molecule has 1 saturated carbocycles. The maximum absolute atomic E-state index is 4.47. The topological polar surface area (TPSA) is 24.9 Å². The summed E-state index contributed by atoms with van der Waals surface area (Å²) in [4.78, 5) is 4.47. The van der Waals surface area contributed by atoms with Crippen LogP contribution in [0.15, 0.2) is 18.3 Å². The molecular formula is C15H24N2. The van der Waals surface area contributed by atoms with Crippen LogP contribution in [0.3, 0.4) is 0 Å². The van der Waals surface area contributed by atoms with Crippen LogP contribution < -0.4 is 5.32 Å². The van der Waals surface area contributed by atoms with Gasteiger partial charge in [-0.1, -0.05) is 32.3 Å². The molecular weight excluding hydrogens is 208 g/mol. The molecule has 1 heterocycles. The molecule has 17 heavy (non-hydrogen) atoms. The van der Waals surface area contributed by atoms with Crippen molar-refractivity contribution in [2.75, 3.05) is 6.54 Å². The highest BCUT2D eigenvalue weighted by Crippen LogP contribution is 2.22. The first-order valence-corrected chi connectivity index (χ1v) is 7.03. The molecule has 0 saturated heterocycles. The third-order valence-corrected chi connectivity index (χ3v) is 3.82. The number of nitrogens with one attached hydrogen (secondary N) is 1. The van der Waals surface area contributed by atoms with Gasteiger partial charge in [0.05, 0.1) is 5.69 Å². The van der Waals surface area contributed by atoms with Crippen molar-refractivity contribution in [2.24, 2.45) is 5.92 Å². The van der Waals surface area contributed by atoms with Gasteiger partial charge in [-0.05, 0) is 43.4 Å². The minimum absolute atomic E-state index is 0.900. The summed E-state index contributed by atoms with van der Waals surface area (Å²) in [6.07, 6.45) is 10.1. The summed E-state index contributed by atoms with van der Waals surface area (Å²) in [6, 6.07) is 4.22. The van der Waals surface area contributed by atoms with Gasteiger partial charge in [-0.15, -0.1) is 0 Å². The lowest BCUT2D eigenvalue weighted by Crippen LogP contribution is -2.25. The van der Waals surface area contributed by atoms with E-state index in [9.17, 15) is 0 Å². The normalized spacial score (nSPS) is 17.2. The minimum atomic E-state index is 0.900. The second-order valence-corrected chi connectivity index (χ2v) is 5.10. The molecule has 0 unspecified atom stereocenters. The number of pyridine rings is 1. The van der Waals surface area contributed by atoms with Crippen molar-refractivity contribution in [3.63, 3.8) is 0 Å². The fraction of sp³-hybridized carbons (Fsp3) is 0.667. The molecule has 1 aliphatic rings. The van der Waals surface area contributed by atoms with E-state index >= 15 is 0 Å². The Bertz CT molecular complexity index is 329. The Labute approximate surface area is 105 Å². The van der Waals surface area contributed by atoms with Gasteiger partial charge in [0.1, 0.15) is 0 Å². The van der Waals surface area contributed by atoms with Gasteiger partial charge >= 0.3 is 0 Å². The highest BCUT2D eigenvalue weighted by molar-refractivity contribution is 5.19. The summed E-state index contributed by atoms with van der Waals surface area (Å²) in [5.74, 6) is 0.900. The van der Waals surface area contributed by atoms with E-state index in [0.717, 1.165) is 18.9 Å². The standard InChI is InChI=1S/C15H24N2/c1-2-14-9-6-10-17-15(14)12-16-11-13-7-4-3-5-8-13/h6,9-10,13,16H,2-5,7-8,11-12H2,1H3. The first-order chi connectivity index (χ1) is 8.40. The van der Waals surface area contributed by atoms with Crippen LogP contribution in [0, 0.1) is 5.92 Å². The van der Waals surface area contributed by atoms with E-state index in [0.29, 0.717) is 0 Å². The van der Waals surface area contributed by atoms with Gasteiger partial charge < -0.3 is 5.32 Å². The van der Waals surface area contributed by atoms with E-state index in [1.165, 1.54) is 49.9 Å². The van der Waals surface area contributed by atoms with Crippen LogP contribution in [-0.4, -0.2) is 11.5 Å². The molecule has 94 valence electrons. The van der Waals surface area contributed by atoms with Crippen molar-refractivity contribution >= 4 is 0 Å². The molecule has 0 amide bonds. The molecule has 1 N–H and O–H groups in total. The van der Waals surface area contributed by atoms with E-state index in [2.05, 4.69) is 23.3 Å². The smallest absolute Gasteiger partial charge is 0.0573 e. The van der Waals surface area contributed by atoms with E-state index in [-0.39, 0.29) is 0 Å². The number of rotatable bonds is 5. The second kappa shape index (κ2) is 6.75. The minimum Gasteiger partial charge on any atom is -0.311 e. The van der Waals surface area contributed by atoms with Crippen LogP contribution >= 0.6 is 0 Å². The van der Waals surface area contributed by atoms with Crippen LogP contribution in [-0.2, 0) is 13.0 Å².